The number of hydrogen-bond acceptors (Lipinski definition) is 4. The van der Waals surface area contributed by atoms with E-state index in [9.17, 15) is 22.8 Å². The third-order valence-electron chi connectivity index (χ3n) is 5.37. The van der Waals surface area contributed by atoms with Crippen molar-refractivity contribution < 1.29 is 22.8 Å². The first-order valence-corrected chi connectivity index (χ1v) is 10.4. The van der Waals surface area contributed by atoms with Gasteiger partial charge < -0.3 is 10.6 Å². The third kappa shape index (κ3) is 4.58. The van der Waals surface area contributed by atoms with Crippen molar-refractivity contribution in [3.05, 3.63) is 65.1 Å². The predicted molar refractivity (Wildman–Crippen MR) is 112 cm³/mol. The van der Waals surface area contributed by atoms with Gasteiger partial charge in [0.1, 0.15) is 0 Å². The number of pyridine rings is 1. The smallest absolute Gasteiger partial charge is 0.366 e. The number of carbonyl (C=O) groups is 2. The molecule has 0 radical (unpaired) electrons. The molecule has 3 aromatic rings. The minimum atomic E-state index is -4.41. The molecule has 1 aliphatic rings. The Morgan fingerprint density at radius 3 is 2.34 bits per heavy atom. The van der Waals surface area contributed by atoms with Crippen LogP contribution in [-0.4, -0.2) is 44.4 Å². The number of primary amides is 1. The molecule has 1 fully saturated rings. The van der Waals surface area contributed by atoms with Crippen molar-refractivity contribution in [2.24, 2.45) is 5.73 Å². The number of amides is 2. The number of likely N-dealkylation sites (tertiary alicyclic amines) is 1. The number of halogens is 3. The fourth-order valence-corrected chi connectivity index (χ4v) is 3.84. The van der Waals surface area contributed by atoms with E-state index in [0.717, 1.165) is 6.07 Å². The van der Waals surface area contributed by atoms with E-state index in [0.29, 0.717) is 31.6 Å². The van der Waals surface area contributed by atoms with Gasteiger partial charge >= 0.3 is 6.18 Å². The van der Waals surface area contributed by atoms with E-state index in [1.165, 1.54) is 34.9 Å². The van der Waals surface area contributed by atoms with Crippen molar-refractivity contribution in [3.8, 4) is 0 Å². The molecule has 0 atom stereocenters. The zero-order chi connectivity index (χ0) is 23.5. The van der Waals surface area contributed by atoms with Crippen LogP contribution in [0.4, 0.5) is 13.2 Å². The first kappa shape index (κ1) is 23.2. The van der Waals surface area contributed by atoms with Gasteiger partial charge in [-0.2, -0.15) is 13.2 Å². The molecule has 0 spiro atoms. The van der Waals surface area contributed by atoms with Crippen molar-refractivity contribution in [3.63, 3.8) is 0 Å². The number of aromatic nitrogens is 3. The first-order chi connectivity index (χ1) is 15.3. The maximum Gasteiger partial charge on any atom is 0.416 e. The number of rotatable bonds is 3. The Labute approximate surface area is 183 Å². The third-order valence-corrected chi connectivity index (χ3v) is 5.37. The second kappa shape index (κ2) is 9.37. The van der Waals surface area contributed by atoms with E-state index >= 15 is 0 Å². The molecule has 2 amide bonds. The molecule has 10 heteroatoms. The monoisotopic (exact) mass is 447 g/mol. The molecule has 0 unspecified atom stereocenters. The van der Waals surface area contributed by atoms with Crippen molar-refractivity contribution in [1.82, 2.24) is 19.5 Å². The molecule has 7 nitrogen and oxygen atoms in total. The lowest BCUT2D eigenvalue weighted by Gasteiger charge is -2.32. The number of carbonyl (C=O) groups excluding carboxylic acids is 2. The zero-order valence-electron chi connectivity index (χ0n) is 17.8. The van der Waals surface area contributed by atoms with Gasteiger partial charge in [0.25, 0.3) is 5.91 Å². The SMILES string of the molecule is CC.NC(=O)c1ccn2c(C(=O)N3CCC(c4ccccc4C(F)(F)F)CC3)nnc2c1. The lowest BCUT2D eigenvalue weighted by atomic mass is 9.86. The van der Waals surface area contributed by atoms with Crippen LogP contribution in [0, 0.1) is 0 Å². The summed E-state index contributed by atoms with van der Waals surface area (Å²) in [6.45, 7) is 4.62. The number of nitrogens with two attached hydrogens (primary N) is 1. The molecule has 3 heterocycles. The number of fused-ring (bicyclic) bond motifs is 1. The van der Waals surface area contributed by atoms with Crippen molar-refractivity contribution in [2.45, 2.75) is 38.8 Å². The van der Waals surface area contributed by atoms with Crippen LogP contribution >= 0.6 is 0 Å². The Bertz CT molecular complexity index is 1120. The average Bonchev–Trinajstić information content (AvgIpc) is 3.23. The van der Waals surface area contributed by atoms with Gasteiger partial charge in [0.05, 0.1) is 5.56 Å². The van der Waals surface area contributed by atoms with Crippen LogP contribution in [0.3, 0.4) is 0 Å². The van der Waals surface area contributed by atoms with Crippen LogP contribution in [-0.2, 0) is 6.18 Å². The highest BCUT2D eigenvalue weighted by Gasteiger charge is 2.36. The first-order valence-electron chi connectivity index (χ1n) is 10.4. The largest absolute Gasteiger partial charge is 0.416 e. The molecule has 1 aliphatic heterocycles. The second-order valence-electron chi connectivity index (χ2n) is 7.18. The number of alkyl halides is 3. The summed E-state index contributed by atoms with van der Waals surface area (Å²) in [6, 6.07) is 8.49. The summed E-state index contributed by atoms with van der Waals surface area (Å²) >= 11 is 0. The Morgan fingerprint density at radius 2 is 1.72 bits per heavy atom. The number of nitrogens with zero attached hydrogens (tertiary/aromatic N) is 4. The van der Waals surface area contributed by atoms with Gasteiger partial charge in [0.15, 0.2) is 5.65 Å². The van der Waals surface area contributed by atoms with Crippen molar-refractivity contribution in [1.29, 1.82) is 0 Å². The second-order valence-corrected chi connectivity index (χ2v) is 7.18. The molecule has 0 saturated carbocycles. The summed E-state index contributed by atoms with van der Waals surface area (Å²) in [4.78, 5) is 25.7. The summed E-state index contributed by atoms with van der Waals surface area (Å²) in [5.41, 5.74) is 5.45. The normalized spacial score (nSPS) is 14.7. The van der Waals surface area contributed by atoms with Crippen molar-refractivity contribution >= 4 is 17.5 Å². The number of piperidine rings is 1. The molecule has 1 saturated heterocycles. The minimum absolute atomic E-state index is 0.0789. The van der Waals surface area contributed by atoms with Crippen molar-refractivity contribution in [2.75, 3.05) is 13.1 Å². The van der Waals surface area contributed by atoms with Gasteiger partial charge in [-0.25, -0.2) is 0 Å². The molecule has 170 valence electrons. The summed E-state index contributed by atoms with van der Waals surface area (Å²) in [7, 11) is 0. The number of benzene rings is 1. The molecule has 2 aromatic heterocycles. The maximum atomic E-state index is 13.3. The summed E-state index contributed by atoms with van der Waals surface area (Å²) in [5, 5.41) is 7.83. The highest BCUT2D eigenvalue weighted by molar-refractivity contribution is 5.94. The Morgan fingerprint density at radius 1 is 1.06 bits per heavy atom. The highest BCUT2D eigenvalue weighted by Crippen LogP contribution is 2.38. The van der Waals surface area contributed by atoms with E-state index in [4.69, 9.17) is 5.73 Å². The summed E-state index contributed by atoms with van der Waals surface area (Å²) in [6.07, 6.45) is -2.08. The fourth-order valence-electron chi connectivity index (χ4n) is 3.84. The van der Waals surface area contributed by atoms with Gasteiger partial charge in [0, 0.05) is 24.8 Å². The topological polar surface area (TPSA) is 93.6 Å². The van der Waals surface area contributed by atoms with E-state index in [1.54, 1.807) is 11.0 Å². The fraction of sp³-hybridized carbons (Fsp3) is 0.364. The molecular weight excluding hydrogens is 423 g/mol. The lowest BCUT2D eigenvalue weighted by Crippen LogP contribution is -2.39. The van der Waals surface area contributed by atoms with Gasteiger partial charge in [-0.1, -0.05) is 32.0 Å². The molecule has 0 bridgehead atoms. The van der Waals surface area contributed by atoms with E-state index in [2.05, 4.69) is 10.2 Å². The molecule has 1 aromatic carbocycles. The van der Waals surface area contributed by atoms with Crippen LogP contribution in [0.5, 0.6) is 0 Å². The molecule has 4 rings (SSSR count). The van der Waals surface area contributed by atoms with Gasteiger partial charge in [-0.15, -0.1) is 10.2 Å². The highest BCUT2D eigenvalue weighted by atomic mass is 19.4. The van der Waals surface area contributed by atoms with Crippen LogP contribution < -0.4 is 5.73 Å². The van der Waals surface area contributed by atoms with E-state index in [-0.39, 0.29) is 28.8 Å². The summed E-state index contributed by atoms with van der Waals surface area (Å²) < 4.78 is 41.4. The maximum absolute atomic E-state index is 13.3. The van der Waals surface area contributed by atoms with Crippen LogP contribution in [0.1, 0.15) is 64.7 Å². The number of hydrogen-bond donors (Lipinski definition) is 1. The zero-order valence-corrected chi connectivity index (χ0v) is 17.8. The van der Waals surface area contributed by atoms with Crippen LogP contribution in [0.15, 0.2) is 42.6 Å². The van der Waals surface area contributed by atoms with Crippen LogP contribution in [0.25, 0.3) is 5.65 Å². The molecule has 0 aliphatic carbocycles. The standard InChI is InChI=1S/C20H18F3N5O2.C2H6/c21-20(22,23)15-4-2-1-3-14(15)12-5-8-27(9-6-12)19(30)18-26-25-16-11-13(17(24)29)7-10-28(16)18;1-2/h1-4,7,10-12H,5-6,8-9H2,(H2,24,29);1-2H3. The van der Waals surface area contributed by atoms with E-state index in [1.807, 2.05) is 13.8 Å². The Balaban J connectivity index is 0.00000141. The van der Waals surface area contributed by atoms with Gasteiger partial charge in [-0.3, -0.25) is 14.0 Å². The van der Waals surface area contributed by atoms with Gasteiger partial charge in [0.2, 0.25) is 11.7 Å². The minimum Gasteiger partial charge on any atom is -0.366 e. The van der Waals surface area contributed by atoms with Crippen LogP contribution in [0.2, 0.25) is 0 Å². The summed E-state index contributed by atoms with van der Waals surface area (Å²) in [5.74, 6) is -1.18. The molecule has 32 heavy (non-hydrogen) atoms. The molecule has 2 N–H and O–H groups in total. The average molecular weight is 447 g/mol. The quantitative estimate of drug-likeness (QED) is 0.659. The Kier molecular flexibility index (Phi) is 6.81. The predicted octanol–water partition coefficient (Wildman–Crippen LogP) is 3.89. The van der Waals surface area contributed by atoms with E-state index < -0.39 is 17.6 Å². The Hall–Kier alpha value is -3.43. The molecular formula is C22H24F3N5O2. The van der Waals surface area contributed by atoms with Gasteiger partial charge in [-0.05, 0) is 42.5 Å². The lowest BCUT2D eigenvalue weighted by molar-refractivity contribution is -0.138.